The summed E-state index contributed by atoms with van der Waals surface area (Å²) in [5, 5.41) is 4.21. The number of hydrogen-bond donors (Lipinski definition) is 0. The van der Waals surface area contributed by atoms with E-state index in [1.165, 1.54) is 5.71 Å². The molecule has 17 heavy (non-hydrogen) atoms. The van der Waals surface area contributed by atoms with Crippen LogP contribution in [-0.2, 0) is 4.84 Å². The molecule has 2 heteroatoms. The van der Waals surface area contributed by atoms with E-state index in [0.29, 0.717) is 5.92 Å². The average Bonchev–Trinajstić information content (AvgIpc) is 2.80. The summed E-state index contributed by atoms with van der Waals surface area (Å²) in [5.41, 5.74) is 2.19. The molecule has 1 atom stereocenters. The lowest BCUT2D eigenvalue weighted by Gasteiger charge is -2.11. The van der Waals surface area contributed by atoms with Gasteiger partial charge >= 0.3 is 0 Å². The van der Waals surface area contributed by atoms with E-state index in [4.69, 9.17) is 4.84 Å². The van der Waals surface area contributed by atoms with Crippen molar-refractivity contribution >= 4 is 5.71 Å². The number of rotatable bonds is 6. The van der Waals surface area contributed by atoms with E-state index in [2.05, 4.69) is 25.6 Å². The van der Waals surface area contributed by atoms with Crippen molar-refractivity contribution in [3.63, 3.8) is 0 Å². The van der Waals surface area contributed by atoms with E-state index in [1.807, 2.05) is 31.2 Å². The second-order valence-corrected chi connectivity index (χ2v) is 4.35. The molecule has 0 N–H and O–H groups in total. The third-order valence-electron chi connectivity index (χ3n) is 3.18. The zero-order chi connectivity index (χ0) is 12.7. The van der Waals surface area contributed by atoms with Crippen molar-refractivity contribution in [1.29, 1.82) is 0 Å². The third-order valence-corrected chi connectivity index (χ3v) is 3.18. The van der Waals surface area contributed by atoms with Crippen molar-refractivity contribution in [3.8, 4) is 0 Å². The van der Waals surface area contributed by atoms with Gasteiger partial charge in [-0.05, 0) is 25.3 Å². The lowest BCUT2D eigenvalue weighted by atomic mass is 9.92. The first-order valence-corrected chi connectivity index (χ1v) is 6.43. The molecule has 0 aromatic heterocycles. The zero-order valence-corrected chi connectivity index (χ0v) is 11.1. The van der Waals surface area contributed by atoms with E-state index < -0.39 is 0 Å². The highest BCUT2D eigenvalue weighted by Crippen LogP contribution is 2.24. The molecule has 0 saturated carbocycles. The van der Waals surface area contributed by atoms with Crippen LogP contribution in [-0.4, -0.2) is 11.8 Å². The van der Waals surface area contributed by atoms with Crippen molar-refractivity contribution in [1.82, 2.24) is 0 Å². The smallest absolute Gasteiger partial charge is 0.157 e. The lowest BCUT2D eigenvalue weighted by molar-refractivity contribution is 0.114. The molecule has 1 aliphatic rings. The summed E-state index contributed by atoms with van der Waals surface area (Å²) in [5.74, 6) is 0.562. The standard InChI is InChI=1S/C15H23NO/c1-5-8-9-10-12(4)15-11-14(16-17-15)13(6-2)7-3/h5,8-10,13,15H,4,6-7,11H2,1-3H3/b8-5-,10-9-. The predicted molar refractivity (Wildman–Crippen MR) is 74.1 cm³/mol. The van der Waals surface area contributed by atoms with Crippen molar-refractivity contribution in [3.05, 3.63) is 36.5 Å². The molecule has 1 unspecified atom stereocenters. The van der Waals surface area contributed by atoms with Gasteiger partial charge in [-0.3, -0.25) is 0 Å². The summed E-state index contributed by atoms with van der Waals surface area (Å²) in [6.07, 6.45) is 11.2. The first-order chi connectivity index (χ1) is 8.22. The van der Waals surface area contributed by atoms with Gasteiger partial charge < -0.3 is 4.84 Å². The Balaban J connectivity index is 2.50. The minimum Gasteiger partial charge on any atom is -0.387 e. The molecule has 0 radical (unpaired) electrons. The molecule has 0 aromatic carbocycles. The molecule has 0 bridgehead atoms. The van der Waals surface area contributed by atoms with Gasteiger partial charge in [0.1, 0.15) is 0 Å². The molecular weight excluding hydrogens is 210 g/mol. The molecule has 94 valence electrons. The normalized spacial score (nSPS) is 20.2. The fraction of sp³-hybridized carbons (Fsp3) is 0.533. The van der Waals surface area contributed by atoms with Gasteiger partial charge in [0.2, 0.25) is 0 Å². The SMILES string of the molecule is C=C(/C=C\C=C/C)C1CC(C(CC)CC)=NO1. The van der Waals surface area contributed by atoms with Crippen molar-refractivity contribution in [2.75, 3.05) is 0 Å². The third kappa shape index (κ3) is 3.88. The largest absolute Gasteiger partial charge is 0.387 e. The fourth-order valence-electron chi connectivity index (χ4n) is 1.99. The van der Waals surface area contributed by atoms with Crippen molar-refractivity contribution < 1.29 is 4.84 Å². The second kappa shape index (κ2) is 7.10. The minimum absolute atomic E-state index is 0.0344. The van der Waals surface area contributed by atoms with E-state index in [1.54, 1.807) is 0 Å². The predicted octanol–water partition coefficient (Wildman–Crippen LogP) is 4.26. The number of hydrogen-bond acceptors (Lipinski definition) is 2. The van der Waals surface area contributed by atoms with Gasteiger partial charge in [0.25, 0.3) is 0 Å². The van der Waals surface area contributed by atoms with E-state index >= 15 is 0 Å². The molecule has 1 heterocycles. The number of nitrogens with zero attached hydrogens (tertiary/aromatic N) is 1. The van der Waals surface area contributed by atoms with Gasteiger partial charge in [-0.1, -0.05) is 49.9 Å². The van der Waals surface area contributed by atoms with Gasteiger partial charge in [0, 0.05) is 12.3 Å². The minimum atomic E-state index is 0.0344. The lowest BCUT2D eigenvalue weighted by Crippen LogP contribution is -2.15. The van der Waals surface area contributed by atoms with Crippen LogP contribution in [0.3, 0.4) is 0 Å². The highest BCUT2D eigenvalue weighted by Gasteiger charge is 2.26. The molecule has 1 aliphatic heterocycles. The van der Waals surface area contributed by atoms with Crippen LogP contribution < -0.4 is 0 Å². The topological polar surface area (TPSA) is 21.6 Å². The molecule has 0 aromatic rings. The summed E-state index contributed by atoms with van der Waals surface area (Å²) < 4.78 is 0. The van der Waals surface area contributed by atoms with Crippen LogP contribution >= 0.6 is 0 Å². The van der Waals surface area contributed by atoms with E-state index in [9.17, 15) is 0 Å². The maximum atomic E-state index is 5.46. The Morgan fingerprint density at radius 3 is 2.76 bits per heavy atom. The second-order valence-electron chi connectivity index (χ2n) is 4.35. The zero-order valence-electron chi connectivity index (χ0n) is 11.1. The van der Waals surface area contributed by atoms with Gasteiger partial charge in [0.05, 0.1) is 5.71 Å². The van der Waals surface area contributed by atoms with Gasteiger partial charge in [-0.2, -0.15) is 0 Å². The summed E-state index contributed by atoms with van der Waals surface area (Å²) in [7, 11) is 0. The molecule has 0 saturated heterocycles. The maximum Gasteiger partial charge on any atom is 0.157 e. The summed E-state index contributed by atoms with van der Waals surface area (Å²) in [6.45, 7) is 10.4. The fourth-order valence-corrected chi connectivity index (χ4v) is 1.99. The first kappa shape index (κ1) is 13.8. The van der Waals surface area contributed by atoms with Crippen LogP contribution in [0.2, 0.25) is 0 Å². The Hall–Kier alpha value is -1.31. The molecule has 0 spiro atoms. The molecule has 1 rings (SSSR count). The van der Waals surface area contributed by atoms with Crippen LogP contribution in [0.15, 0.2) is 41.6 Å². The highest BCUT2D eigenvalue weighted by atomic mass is 16.6. The van der Waals surface area contributed by atoms with Crippen LogP contribution in [0.25, 0.3) is 0 Å². The maximum absolute atomic E-state index is 5.46. The Kier molecular flexibility index (Phi) is 5.75. The van der Waals surface area contributed by atoms with Crippen LogP contribution in [0, 0.1) is 5.92 Å². The summed E-state index contributed by atoms with van der Waals surface area (Å²) in [6, 6.07) is 0. The van der Waals surface area contributed by atoms with Crippen molar-refractivity contribution in [2.45, 2.75) is 46.1 Å². The quantitative estimate of drug-likeness (QED) is 0.628. The Bertz CT molecular complexity index is 335. The summed E-state index contributed by atoms with van der Waals surface area (Å²) in [4.78, 5) is 5.46. The Labute approximate surface area is 105 Å². The van der Waals surface area contributed by atoms with E-state index in [-0.39, 0.29) is 6.10 Å². The first-order valence-electron chi connectivity index (χ1n) is 6.43. The van der Waals surface area contributed by atoms with Crippen LogP contribution in [0.5, 0.6) is 0 Å². The molecular formula is C15H23NO. The number of oxime groups is 1. The Morgan fingerprint density at radius 1 is 1.47 bits per heavy atom. The molecule has 0 aliphatic carbocycles. The highest BCUT2D eigenvalue weighted by molar-refractivity contribution is 5.88. The Morgan fingerprint density at radius 2 is 2.18 bits per heavy atom. The van der Waals surface area contributed by atoms with Crippen LogP contribution in [0.1, 0.15) is 40.0 Å². The van der Waals surface area contributed by atoms with Crippen molar-refractivity contribution in [2.24, 2.45) is 11.1 Å². The average molecular weight is 233 g/mol. The van der Waals surface area contributed by atoms with Gasteiger partial charge in [0.15, 0.2) is 6.10 Å². The molecule has 0 amide bonds. The molecule has 0 fully saturated rings. The van der Waals surface area contributed by atoms with Crippen LogP contribution in [0.4, 0.5) is 0 Å². The van der Waals surface area contributed by atoms with Gasteiger partial charge in [-0.25, -0.2) is 0 Å². The van der Waals surface area contributed by atoms with E-state index in [0.717, 1.165) is 24.8 Å². The molecule has 2 nitrogen and oxygen atoms in total. The summed E-state index contributed by atoms with van der Waals surface area (Å²) >= 11 is 0. The monoisotopic (exact) mass is 233 g/mol. The van der Waals surface area contributed by atoms with Gasteiger partial charge in [-0.15, -0.1) is 0 Å². The number of allylic oxidation sites excluding steroid dienone is 3.